The fourth-order valence-electron chi connectivity index (χ4n) is 4.84. The summed E-state index contributed by atoms with van der Waals surface area (Å²) in [6.45, 7) is 5.48. The van der Waals surface area contributed by atoms with E-state index in [-0.39, 0.29) is 29.7 Å². The molecule has 6 nitrogen and oxygen atoms in total. The number of piperazine rings is 1. The van der Waals surface area contributed by atoms with Crippen LogP contribution in [0.2, 0.25) is 0 Å². The lowest BCUT2D eigenvalue weighted by atomic mass is 9.88. The number of hydrogen-bond donors (Lipinski definition) is 2. The summed E-state index contributed by atoms with van der Waals surface area (Å²) >= 11 is 0. The predicted molar refractivity (Wildman–Crippen MR) is 110 cm³/mol. The Kier molecular flexibility index (Phi) is 5.34. The third-order valence-corrected chi connectivity index (χ3v) is 6.57. The highest BCUT2D eigenvalue weighted by molar-refractivity contribution is 5.99. The molecule has 2 aliphatic rings. The van der Waals surface area contributed by atoms with Crippen molar-refractivity contribution in [2.24, 2.45) is 0 Å². The Bertz CT molecular complexity index is 901. The molecule has 2 fully saturated rings. The topological polar surface area (TPSA) is 68.4 Å². The van der Waals surface area contributed by atoms with Gasteiger partial charge in [0.1, 0.15) is 11.5 Å². The normalized spacial score (nSPS) is 26.1. The molecule has 7 heteroatoms. The van der Waals surface area contributed by atoms with E-state index in [0.717, 1.165) is 44.3 Å². The van der Waals surface area contributed by atoms with E-state index in [2.05, 4.69) is 15.2 Å². The first-order chi connectivity index (χ1) is 13.8. The number of benzene rings is 1. The van der Waals surface area contributed by atoms with Gasteiger partial charge in [0.05, 0.1) is 11.6 Å². The number of rotatable bonds is 3. The molecule has 0 radical (unpaired) electrons. The average Bonchev–Trinajstić information content (AvgIpc) is 3.16. The number of carbonyl (C=O) groups excluding carboxylic acids is 2. The molecule has 1 aromatic heterocycles. The number of likely N-dealkylation sites (N-methyl/N-ethyl adjacent to an activating group) is 1. The van der Waals surface area contributed by atoms with E-state index in [1.165, 1.54) is 6.07 Å². The van der Waals surface area contributed by atoms with E-state index < -0.39 is 0 Å². The minimum atomic E-state index is -0.327. The number of amides is 2. The molecule has 1 aliphatic carbocycles. The van der Waals surface area contributed by atoms with Crippen LogP contribution in [0.4, 0.5) is 4.39 Å². The SMILES string of the molecule is Cc1ccc(F)c2cc(C(=O)N[C@@H]3CCC[C@@H](N4CCN(C)C(=O)C4C)C3)[nH]c12. The lowest BCUT2D eigenvalue weighted by Gasteiger charge is -2.44. The van der Waals surface area contributed by atoms with Crippen LogP contribution in [0.15, 0.2) is 18.2 Å². The van der Waals surface area contributed by atoms with Gasteiger partial charge in [-0.1, -0.05) is 6.07 Å². The quantitative estimate of drug-likeness (QED) is 0.833. The summed E-state index contributed by atoms with van der Waals surface area (Å²) in [5.74, 6) is -0.363. The van der Waals surface area contributed by atoms with E-state index in [4.69, 9.17) is 0 Å². The maximum Gasteiger partial charge on any atom is 0.267 e. The molecule has 3 atom stereocenters. The van der Waals surface area contributed by atoms with Crippen LogP contribution in [0.3, 0.4) is 0 Å². The lowest BCUT2D eigenvalue weighted by molar-refractivity contribution is -0.141. The van der Waals surface area contributed by atoms with Gasteiger partial charge in [-0.2, -0.15) is 0 Å². The number of carbonyl (C=O) groups is 2. The molecule has 0 bridgehead atoms. The van der Waals surface area contributed by atoms with E-state index in [1.807, 2.05) is 20.9 Å². The van der Waals surface area contributed by atoms with Crippen LogP contribution in [0, 0.1) is 12.7 Å². The average molecular weight is 400 g/mol. The Hall–Kier alpha value is -2.41. The molecule has 1 saturated carbocycles. The predicted octanol–water partition coefficient (Wildman–Crippen LogP) is 2.82. The Morgan fingerprint density at radius 1 is 1.28 bits per heavy atom. The molecular weight excluding hydrogens is 371 g/mol. The molecule has 2 aromatic rings. The Morgan fingerprint density at radius 2 is 2.07 bits per heavy atom. The zero-order valence-electron chi connectivity index (χ0n) is 17.3. The molecule has 29 heavy (non-hydrogen) atoms. The van der Waals surface area contributed by atoms with E-state index >= 15 is 0 Å². The zero-order valence-corrected chi connectivity index (χ0v) is 17.3. The minimum Gasteiger partial charge on any atom is -0.350 e. The molecule has 156 valence electrons. The monoisotopic (exact) mass is 400 g/mol. The summed E-state index contributed by atoms with van der Waals surface area (Å²) in [4.78, 5) is 32.3. The summed E-state index contributed by atoms with van der Waals surface area (Å²) < 4.78 is 14.1. The fraction of sp³-hybridized carbons (Fsp3) is 0.545. The van der Waals surface area contributed by atoms with Crippen molar-refractivity contribution >= 4 is 22.7 Å². The van der Waals surface area contributed by atoms with Gasteiger partial charge in [-0.25, -0.2) is 4.39 Å². The minimum absolute atomic E-state index is 0.0561. The van der Waals surface area contributed by atoms with Crippen molar-refractivity contribution in [3.8, 4) is 0 Å². The molecule has 4 rings (SSSR count). The molecular formula is C22H29FN4O2. The van der Waals surface area contributed by atoms with Gasteiger partial charge in [-0.3, -0.25) is 14.5 Å². The second kappa shape index (κ2) is 7.78. The Labute approximate surface area is 170 Å². The van der Waals surface area contributed by atoms with Gasteiger partial charge in [0.2, 0.25) is 5.91 Å². The number of nitrogens with one attached hydrogen (secondary N) is 2. The van der Waals surface area contributed by atoms with Crippen molar-refractivity contribution in [2.75, 3.05) is 20.1 Å². The summed E-state index contributed by atoms with van der Waals surface area (Å²) in [5, 5.41) is 3.57. The fourth-order valence-corrected chi connectivity index (χ4v) is 4.84. The van der Waals surface area contributed by atoms with Gasteiger partial charge >= 0.3 is 0 Å². The highest BCUT2D eigenvalue weighted by Crippen LogP contribution is 2.27. The first-order valence-electron chi connectivity index (χ1n) is 10.4. The largest absolute Gasteiger partial charge is 0.350 e. The van der Waals surface area contributed by atoms with Crippen LogP contribution in [-0.2, 0) is 4.79 Å². The first-order valence-corrected chi connectivity index (χ1v) is 10.4. The molecule has 2 N–H and O–H groups in total. The number of nitrogens with zero attached hydrogens (tertiary/aromatic N) is 2. The molecule has 1 aliphatic heterocycles. The van der Waals surface area contributed by atoms with Crippen LogP contribution in [0.1, 0.15) is 48.7 Å². The second-order valence-electron chi connectivity index (χ2n) is 8.50. The van der Waals surface area contributed by atoms with E-state index in [1.54, 1.807) is 17.0 Å². The Morgan fingerprint density at radius 3 is 2.83 bits per heavy atom. The molecule has 2 amide bonds. The van der Waals surface area contributed by atoms with Gasteiger partial charge in [-0.05, 0) is 57.2 Å². The van der Waals surface area contributed by atoms with Gasteiger partial charge in [0.15, 0.2) is 0 Å². The third-order valence-electron chi connectivity index (χ3n) is 6.57. The van der Waals surface area contributed by atoms with Crippen LogP contribution in [0.25, 0.3) is 10.9 Å². The standard InChI is InChI=1S/C22H29FN4O2/c1-13-7-8-18(23)17-12-19(25-20(13)17)21(28)24-15-5-4-6-16(11-15)27-10-9-26(3)22(29)14(27)2/h7-8,12,14-16,25H,4-6,9-11H2,1-3H3,(H,24,28)/t14?,15-,16-/m1/s1. The number of halogens is 1. The van der Waals surface area contributed by atoms with Crippen molar-refractivity contribution in [1.82, 2.24) is 20.1 Å². The summed E-state index contributed by atoms with van der Waals surface area (Å²) in [6, 6.07) is 4.96. The van der Waals surface area contributed by atoms with Crippen molar-refractivity contribution in [3.63, 3.8) is 0 Å². The van der Waals surface area contributed by atoms with Crippen molar-refractivity contribution in [3.05, 3.63) is 35.3 Å². The number of aryl methyl sites for hydroxylation is 1. The number of hydrogen-bond acceptors (Lipinski definition) is 3. The van der Waals surface area contributed by atoms with Crippen molar-refractivity contribution < 1.29 is 14.0 Å². The van der Waals surface area contributed by atoms with Gasteiger partial charge < -0.3 is 15.2 Å². The zero-order chi connectivity index (χ0) is 20.7. The second-order valence-corrected chi connectivity index (χ2v) is 8.50. The molecule has 1 unspecified atom stereocenters. The van der Waals surface area contributed by atoms with Gasteiger partial charge in [0, 0.05) is 37.6 Å². The number of aromatic amines is 1. The summed E-state index contributed by atoms with van der Waals surface area (Å²) in [5.41, 5.74) is 1.96. The maximum atomic E-state index is 14.1. The smallest absolute Gasteiger partial charge is 0.267 e. The van der Waals surface area contributed by atoms with Crippen LogP contribution < -0.4 is 5.32 Å². The van der Waals surface area contributed by atoms with Gasteiger partial charge in [0.25, 0.3) is 5.91 Å². The highest BCUT2D eigenvalue weighted by Gasteiger charge is 2.36. The lowest BCUT2D eigenvalue weighted by Crippen LogP contribution is -2.59. The molecule has 1 saturated heterocycles. The third kappa shape index (κ3) is 3.75. The van der Waals surface area contributed by atoms with E-state index in [9.17, 15) is 14.0 Å². The number of fused-ring (bicyclic) bond motifs is 1. The summed E-state index contributed by atoms with van der Waals surface area (Å²) in [6.07, 6.45) is 3.82. The maximum absolute atomic E-state index is 14.1. The molecule has 1 aromatic carbocycles. The van der Waals surface area contributed by atoms with Crippen molar-refractivity contribution in [2.45, 2.75) is 57.7 Å². The number of aromatic nitrogens is 1. The van der Waals surface area contributed by atoms with Gasteiger partial charge in [-0.15, -0.1) is 0 Å². The van der Waals surface area contributed by atoms with Crippen LogP contribution in [-0.4, -0.2) is 64.9 Å². The highest BCUT2D eigenvalue weighted by atomic mass is 19.1. The van der Waals surface area contributed by atoms with Crippen molar-refractivity contribution in [1.29, 1.82) is 0 Å². The first kappa shape index (κ1) is 19.9. The number of H-pyrrole nitrogens is 1. The Balaban J connectivity index is 1.44. The van der Waals surface area contributed by atoms with E-state index in [0.29, 0.717) is 22.6 Å². The summed E-state index contributed by atoms with van der Waals surface area (Å²) in [7, 11) is 1.85. The molecule has 2 heterocycles. The molecule has 0 spiro atoms. The van der Waals surface area contributed by atoms with Crippen LogP contribution in [0.5, 0.6) is 0 Å². The van der Waals surface area contributed by atoms with Crippen LogP contribution >= 0.6 is 0 Å².